The van der Waals surface area contributed by atoms with Gasteiger partial charge >= 0.3 is 0 Å². The van der Waals surface area contributed by atoms with Crippen LogP contribution in [0.25, 0.3) is 0 Å². The lowest BCUT2D eigenvalue weighted by Crippen LogP contribution is -2.42. The van der Waals surface area contributed by atoms with Crippen LogP contribution in [0.4, 0.5) is 0 Å². The van der Waals surface area contributed by atoms with E-state index in [4.69, 9.17) is 26.2 Å². The lowest BCUT2D eigenvalue weighted by atomic mass is 9.94. The Labute approximate surface area is 201 Å². The van der Waals surface area contributed by atoms with Crippen LogP contribution in [0.5, 0.6) is 11.5 Å². The minimum atomic E-state index is -0.274. The molecular weight excluding hydrogens is 438 g/mol. The zero-order chi connectivity index (χ0) is 23.4. The van der Waals surface area contributed by atoms with Gasteiger partial charge in [0.05, 0.1) is 32.5 Å². The third-order valence-electron chi connectivity index (χ3n) is 6.73. The molecule has 1 aliphatic heterocycles. The van der Waals surface area contributed by atoms with Crippen LogP contribution in [0.2, 0.25) is 5.02 Å². The zero-order valence-corrected chi connectivity index (χ0v) is 20.3. The van der Waals surface area contributed by atoms with Gasteiger partial charge in [-0.1, -0.05) is 49.1 Å². The number of carbonyl (C=O) groups is 1. The van der Waals surface area contributed by atoms with Crippen molar-refractivity contribution in [2.45, 2.75) is 50.6 Å². The normalized spacial score (nSPS) is 19.0. The maximum Gasteiger partial charge on any atom is 0.257 e. The van der Waals surface area contributed by atoms with Crippen molar-refractivity contribution in [3.8, 4) is 11.5 Å². The Morgan fingerprint density at radius 2 is 1.88 bits per heavy atom. The highest BCUT2D eigenvalue weighted by Gasteiger charge is 2.36. The van der Waals surface area contributed by atoms with Gasteiger partial charge in [-0.2, -0.15) is 5.10 Å². The van der Waals surface area contributed by atoms with Crippen molar-refractivity contribution >= 4 is 23.2 Å². The number of carbonyl (C=O) groups excluding carboxylic acids is 1. The van der Waals surface area contributed by atoms with Crippen LogP contribution in [0, 0.1) is 0 Å². The van der Waals surface area contributed by atoms with Crippen molar-refractivity contribution in [2.75, 3.05) is 27.8 Å². The van der Waals surface area contributed by atoms with Gasteiger partial charge in [-0.25, -0.2) is 5.01 Å². The summed E-state index contributed by atoms with van der Waals surface area (Å²) in [4.78, 5) is 15.7. The van der Waals surface area contributed by atoms with E-state index < -0.39 is 0 Å². The number of ether oxygens (including phenoxy) is 2. The van der Waals surface area contributed by atoms with Gasteiger partial charge < -0.3 is 9.47 Å². The first-order valence-corrected chi connectivity index (χ1v) is 12.0. The second kappa shape index (κ2) is 10.6. The lowest BCUT2D eigenvalue weighted by molar-refractivity contribution is -0.134. The molecule has 0 spiro atoms. The van der Waals surface area contributed by atoms with Crippen molar-refractivity contribution < 1.29 is 14.3 Å². The Hall–Kier alpha value is -2.57. The van der Waals surface area contributed by atoms with E-state index in [9.17, 15) is 4.79 Å². The Morgan fingerprint density at radius 1 is 1.12 bits per heavy atom. The number of amides is 1. The molecule has 4 rings (SSSR count). The number of hydrogen-bond donors (Lipinski definition) is 0. The summed E-state index contributed by atoms with van der Waals surface area (Å²) in [6.07, 6.45) is 6.60. The maximum atomic E-state index is 13.5. The molecule has 2 aromatic rings. The average Bonchev–Trinajstić information content (AvgIpc) is 3.29. The predicted octanol–water partition coefficient (Wildman–Crippen LogP) is 5.30. The summed E-state index contributed by atoms with van der Waals surface area (Å²) < 4.78 is 11.0. The first kappa shape index (κ1) is 23.6. The summed E-state index contributed by atoms with van der Waals surface area (Å²) in [5.41, 5.74) is 2.56. The molecule has 7 heteroatoms. The molecule has 0 radical (unpaired) electrons. The molecule has 1 heterocycles. The van der Waals surface area contributed by atoms with E-state index in [1.165, 1.54) is 19.3 Å². The Balaban J connectivity index is 1.64. The van der Waals surface area contributed by atoms with Gasteiger partial charge in [0.1, 0.15) is 11.5 Å². The van der Waals surface area contributed by atoms with E-state index in [0.29, 0.717) is 35.5 Å². The van der Waals surface area contributed by atoms with Gasteiger partial charge in [-0.3, -0.25) is 9.69 Å². The number of hydrogen-bond acceptors (Lipinski definition) is 5. The summed E-state index contributed by atoms with van der Waals surface area (Å²) >= 11 is 6.48. The highest BCUT2D eigenvalue weighted by molar-refractivity contribution is 6.34. The standard InChI is InChI=1S/C26H32ClN3O3/c1-29(18-9-5-4-6-10-18)17-26(31)30-24(21-14-13-19(32-2)15-25(21)33-3)16-23(28-30)20-11-7-8-12-22(20)27/h7-8,11-15,18,24H,4-6,9-10,16-17H2,1-3H3. The van der Waals surface area contributed by atoms with Crippen LogP contribution in [0.3, 0.4) is 0 Å². The first-order chi connectivity index (χ1) is 16.0. The molecule has 1 aliphatic carbocycles. The largest absolute Gasteiger partial charge is 0.497 e. The molecule has 0 N–H and O–H groups in total. The van der Waals surface area contributed by atoms with Crippen molar-refractivity contribution in [1.82, 2.24) is 9.91 Å². The molecule has 0 bridgehead atoms. The van der Waals surface area contributed by atoms with Crippen LogP contribution < -0.4 is 9.47 Å². The molecule has 176 valence electrons. The predicted molar refractivity (Wildman–Crippen MR) is 131 cm³/mol. The molecular formula is C26H32ClN3O3. The second-order valence-electron chi connectivity index (χ2n) is 8.80. The van der Waals surface area contributed by atoms with Crippen LogP contribution in [0.1, 0.15) is 55.7 Å². The van der Waals surface area contributed by atoms with Crippen molar-refractivity contribution in [2.24, 2.45) is 5.10 Å². The molecule has 0 aromatic heterocycles. The number of nitrogens with zero attached hydrogens (tertiary/aromatic N) is 3. The Kier molecular flexibility index (Phi) is 7.56. The van der Waals surface area contributed by atoms with Crippen LogP contribution in [-0.2, 0) is 4.79 Å². The molecule has 1 unspecified atom stereocenters. The van der Waals surface area contributed by atoms with Gasteiger partial charge in [0.2, 0.25) is 0 Å². The fraction of sp³-hybridized carbons (Fsp3) is 0.462. The van der Waals surface area contributed by atoms with Gasteiger partial charge in [0.15, 0.2) is 0 Å². The quantitative estimate of drug-likeness (QED) is 0.552. The first-order valence-electron chi connectivity index (χ1n) is 11.6. The highest BCUT2D eigenvalue weighted by atomic mass is 35.5. The van der Waals surface area contributed by atoms with E-state index in [1.54, 1.807) is 19.2 Å². The monoisotopic (exact) mass is 469 g/mol. The average molecular weight is 470 g/mol. The second-order valence-corrected chi connectivity index (χ2v) is 9.21. The van der Waals surface area contributed by atoms with Crippen molar-refractivity contribution in [1.29, 1.82) is 0 Å². The number of hydrazone groups is 1. The van der Waals surface area contributed by atoms with Crippen LogP contribution in [-0.4, -0.2) is 55.4 Å². The van der Waals surface area contributed by atoms with Crippen molar-refractivity contribution in [3.63, 3.8) is 0 Å². The molecule has 2 aliphatic rings. The molecule has 6 nitrogen and oxygen atoms in total. The molecule has 1 atom stereocenters. The smallest absolute Gasteiger partial charge is 0.257 e. The highest BCUT2D eigenvalue weighted by Crippen LogP contribution is 2.40. The Morgan fingerprint density at radius 3 is 2.58 bits per heavy atom. The summed E-state index contributed by atoms with van der Waals surface area (Å²) in [5.74, 6) is 1.36. The summed E-state index contributed by atoms with van der Waals surface area (Å²) in [6, 6.07) is 13.5. The number of likely N-dealkylation sites (N-methyl/N-ethyl adjacent to an activating group) is 1. The lowest BCUT2D eigenvalue weighted by Gasteiger charge is -2.32. The fourth-order valence-corrected chi connectivity index (χ4v) is 5.12. The minimum absolute atomic E-state index is 0.0204. The zero-order valence-electron chi connectivity index (χ0n) is 19.6. The number of benzene rings is 2. The molecule has 1 amide bonds. The molecule has 1 saturated carbocycles. The molecule has 0 saturated heterocycles. The Bertz CT molecular complexity index is 1020. The van der Waals surface area contributed by atoms with Crippen LogP contribution >= 0.6 is 11.6 Å². The van der Waals surface area contributed by atoms with E-state index in [1.807, 2.05) is 49.5 Å². The molecule has 1 fully saturated rings. The number of rotatable bonds is 7. The van der Waals surface area contributed by atoms with E-state index >= 15 is 0 Å². The van der Waals surface area contributed by atoms with Gasteiger partial charge in [-0.05, 0) is 38.1 Å². The SMILES string of the molecule is COc1ccc(C2CC(c3ccccc3Cl)=NN2C(=O)CN(C)C2CCCCC2)c(OC)c1. The van der Waals surface area contributed by atoms with E-state index in [0.717, 1.165) is 29.7 Å². The third kappa shape index (κ3) is 5.17. The van der Waals surface area contributed by atoms with Gasteiger partial charge in [0.25, 0.3) is 5.91 Å². The maximum absolute atomic E-state index is 13.5. The molecule has 33 heavy (non-hydrogen) atoms. The number of halogens is 1. The van der Waals surface area contributed by atoms with Gasteiger partial charge in [-0.15, -0.1) is 0 Å². The summed E-state index contributed by atoms with van der Waals surface area (Å²) in [7, 11) is 5.30. The van der Waals surface area contributed by atoms with E-state index in [2.05, 4.69) is 4.90 Å². The summed E-state index contributed by atoms with van der Waals surface area (Å²) in [6.45, 7) is 0.332. The topological polar surface area (TPSA) is 54.4 Å². The number of methoxy groups -OCH3 is 2. The van der Waals surface area contributed by atoms with Gasteiger partial charge in [0, 0.05) is 34.7 Å². The fourth-order valence-electron chi connectivity index (χ4n) is 4.87. The van der Waals surface area contributed by atoms with Crippen LogP contribution in [0.15, 0.2) is 47.6 Å². The minimum Gasteiger partial charge on any atom is -0.497 e. The molecule has 2 aromatic carbocycles. The van der Waals surface area contributed by atoms with E-state index in [-0.39, 0.29) is 11.9 Å². The van der Waals surface area contributed by atoms with Crippen molar-refractivity contribution in [3.05, 3.63) is 58.6 Å². The summed E-state index contributed by atoms with van der Waals surface area (Å²) in [5, 5.41) is 7.05. The third-order valence-corrected chi connectivity index (χ3v) is 7.06.